The predicted molar refractivity (Wildman–Crippen MR) is 214 cm³/mol. The van der Waals surface area contributed by atoms with Crippen molar-refractivity contribution in [2.45, 2.75) is 160 Å². The van der Waals surface area contributed by atoms with Gasteiger partial charge in [-0.1, -0.05) is 94.0 Å². The van der Waals surface area contributed by atoms with Gasteiger partial charge in [0, 0.05) is 36.7 Å². The van der Waals surface area contributed by atoms with Gasteiger partial charge in [0.2, 0.25) is 0 Å². The molecular formula is C49H64O7. The zero-order valence-electron chi connectivity index (χ0n) is 34.0. The zero-order chi connectivity index (χ0) is 39.3. The molecule has 1 aromatic rings. The maximum atomic E-state index is 15.1. The molecule has 0 unspecified atom stereocenters. The second kappa shape index (κ2) is 15.3. The van der Waals surface area contributed by atoms with E-state index in [9.17, 15) is 20.1 Å². The lowest BCUT2D eigenvalue weighted by atomic mass is 9.35. The summed E-state index contributed by atoms with van der Waals surface area (Å²) in [7, 11) is 0. The lowest BCUT2D eigenvalue weighted by Gasteiger charge is -2.72. The van der Waals surface area contributed by atoms with Crippen LogP contribution in [0.5, 0.6) is 0 Å². The third-order valence-corrected chi connectivity index (χ3v) is 16.6. The van der Waals surface area contributed by atoms with E-state index in [1.54, 1.807) is 0 Å². The Balaban J connectivity index is 1.32. The number of carbonyl (C=O) groups excluding carboxylic acids is 2. The van der Waals surface area contributed by atoms with Crippen LogP contribution in [0.25, 0.3) is 0 Å². The molecule has 0 saturated heterocycles. The molecule has 3 heterocycles. The van der Waals surface area contributed by atoms with E-state index in [-0.39, 0.29) is 36.8 Å². The van der Waals surface area contributed by atoms with Crippen molar-refractivity contribution in [1.82, 2.24) is 0 Å². The molecule has 0 amide bonds. The van der Waals surface area contributed by atoms with Gasteiger partial charge >= 0.3 is 11.9 Å². The van der Waals surface area contributed by atoms with Gasteiger partial charge in [0.1, 0.15) is 12.7 Å². The van der Waals surface area contributed by atoms with Gasteiger partial charge in [0.05, 0.1) is 34.1 Å². The molecule has 302 valence electrons. The first-order chi connectivity index (χ1) is 26.9. The number of fused-ring (bicyclic) bond motifs is 2. The van der Waals surface area contributed by atoms with Crippen molar-refractivity contribution >= 4 is 11.9 Å². The number of aryl methyl sites for hydroxylation is 1. The fourth-order valence-electron chi connectivity index (χ4n) is 13.6. The summed E-state index contributed by atoms with van der Waals surface area (Å²) < 4.78 is 12.3. The Kier molecular flexibility index (Phi) is 10.8. The van der Waals surface area contributed by atoms with Crippen molar-refractivity contribution < 1.29 is 34.4 Å². The quantitative estimate of drug-likeness (QED) is 0.164. The lowest BCUT2D eigenvalue weighted by molar-refractivity contribution is -0.341. The maximum absolute atomic E-state index is 15.1. The van der Waals surface area contributed by atoms with E-state index in [0.717, 1.165) is 76.2 Å². The minimum Gasteiger partial charge on any atom is -0.461 e. The smallest absolute Gasteiger partial charge is 0.331 e. The molecule has 7 aliphatic rings. The molecular weight excluding hydrogens is 701 g/mol. The summed E-state index contributed by atoms with van der Waals surface area (Å²) in [4.78, 5) is 27.3. The van der Waals surface area contributed by atoms with Crippen molar-refractivity contribution in [3.05, 3.63) is 47.5 Å². The molecule has 56 heavy (non-hydrogen) atoms. The van der Waals surface area contributed by atoms with Crippen LogP contribution >= 0.6 is 0 Å². The van der Waals surface area contributed by atoms with E-state index in [1.807, 2.05) is 13.0 Å². The average molecular weight is 765 g/mol. The van der Waals surface area contributed by atoms with Crippen molar-refractivity contribution in [2.24, 2.45) is 51.2 Å². The number of hydrogen-bond donors (Lipinski definition) is 3. The van der Waals surface area contributed by atoms with E-state index in [1.165, 1.54) is 11.6 Å². The summed E-state index contributed by atoms with van der Waals surface area (Å²) >= 11 is 0. The minimum atomic E-state index is -1.73. The first-order valence-electron chi connectivity index (χ1n) is 22.1. The topological polar surface area (TPSA) is 113 Å². The van der Waals surface area contributed by atoms with Crippen LogP contribution in [-0.4, -0.2) is 57.8 Å². The van der Waals surface area contributed by atoms with Crippen LogP contribution in [0.3, 0.4) is 0 Å². The van der Waals surface area contributed by atoms with Gasteiger partial charge < -0.3 is 24.8 Å². The SMILES string of the molecule is C[C@H](CCCc1ccccc1)C[C@H]1C#C[C@H]2CCCC[C@]23CC#C[C@@]2(C)C[C@@H](OC3=O)[C@@H]3[C@@]([C@H](O)CC[C@@]3(C)C3CCCC3)([C@H]1O)[C@@]2(O)CCC1=CC(=O)OC1. The molecule has 3 N–H and O–H groups in total. The van der Waals surface area contributed by atoms with Gasteiger partial charge in [-0.3, -0.25) is 4.79 Å². The van der Waals surface area contributed by atoms with Crippen molar-refractivity contribution in [3.8, 4) is 23.7 Å². The summed E-state index contributed by atoms with van der Waals surface area (Å²) in [6.07, 6.45) is 11.9. The van der Waals surface area contributed by atoms with Crippen LogP contribution in [0.15, 0.2) is 42.0 Å². The Morgan fingerprint density at radius 2 is 1.71 bits per heavy atom. The molecule has 8 rings (SSSR count). The van der Waals surface area contributed by atoms with Crippen LogP contribution in [-0.2, 0) is 25.5 Å². The standard InChI is InChI=1S/C49H64O7/c1-33(13-11-16-34-14-5-4-6-15-34)29-36-20-21-38-19-9-10-25-47(38)26-12-24-45(2)31-39(56-44(47)53)42-46(3,37-17-7-8-18-37)27-23-40(50)49(42,43(36)52)48(45,54)28-22-35-30-41(51)55-32-35/h4-6,14-15,30,33,36-40,42-43,50,52,54H,7-11,13,16-19,22-23,25-29,31-32H2,1-3H3/t33-,36-,38-,39-,40-,42+,43+,45+,46+,47+,48-,49+/m1/s1. The predicted octanol–water partition coefficient (Wildman–Crippen LogP) is 7.88. The highest BCUT2D eigenvalue weighted by molar-refractivity contribution is 5.85. The van der Waals surface area contributed by atoms with Crippen LogP contribution in [0.4, 0.5) is 0 Å². The van der Waals surface area contributed by atoms with Gasteiger partial charge in [-0.15, -0.1) is 5.92 Å². The highest BCUT2D eigenvalue weighted by atomic mass is 16.5. The normalized spacial score (nSPS) is 42.3. The minimum absolute atomic E-state index is 0.164. The summed E-state index contributed by atoms with van der Waals surface area (Å²) in [6.45, 7) is 6.71. The summed E-state index contributed by atoms with van der Waals surface area (Å²) in [5.41, 5.74) is -3.64. The van der Waals surface area contributed by atoms with Gasteiger partial charge in [-0.25, -0.2) is 4.79 Å². The number of carbonyl (C=O) groups is 2. The van der Waals surface area contributed by atoms with Crippen molar-refractivity contribution in [2.75, 3.05) is 6.61 Å². The number of esters is 2. The van der Waals surface area contributed by atoms with E-state index < -0.39 is 57.4 Å². The molecule has 7 nitrogen and oxygen atoms in total. The Hall–Kier alpha value is -3.10. The monoisotopic (exact) mass is 764 g/mol. The Labute approximate surface area is 334 Å². The molecule has 0 radical (unpaired) electrons. The van der Waals surface area contributed by atoms with E-state index >= 15 is 4.79 Å². The lowest BCUT2D eigenvalue weighted by Crippen LogP contribution is -2.80. The molecule has 4 saturated carbocycles. The van der Waals surface area contributed by atoms with Gasteiger partial charge in [0.25, 0.3) is 0 Å². The average Bonchev–Trinajstić information content (AvgIpc) is 3.89. The number of benzene rings is 1. The number of aliphatic hydroxyl groups is 3. The molecule has 4 aliphatic carbocycles. The number of cyclic esters (lactones) is 1. The van der Waals surface area contributed by atoms with Gasteiger partial charge in [-0.05, 0) is 106 Å². The molecule has 3 aliphatic heterocycles. The van der Waals surface area contributed by atoms with Crippen LogP contribution < -0.4 is 0 Å². The second-order valence-electron chi connectivity index (χ2n) is 19.7. The molecule has 0 aromatic heterocycles. The maximum Gasteiger partial charge on any atom is 0.331 e. The van der Waals surface area contributed by atoms with Crippen molar-refractivity contribution in [1.29, 1.82) is 0 Å². The molecule has 12 atom stereocenters. The van der Waals surface area contributed by atoms with Crippen LogP contribution in [0, 0.1) is 74.9 Å². The Morgan fingerprint density at radius 1 is 0.946 bits per heavy atom. The summed E-state index contributed by atoms with van der Waals surface area (Å²) in [5, 5.41) is 40.9. The van der Waals surface area contributed by atoms with Gasteiger partial charge in [0.15, 0.2) is 0 Å². The summed E-state index contributed by atoms with van der Waals surface area (Å²) in [5.74, 6) is 12.9. The van der Waals surface area contributed by atoms with E-state index in [4.69, 9.17) is 9.47 Å². The molecule has 1 spiro atoms. The first-order valence-corrected chi connectivity index (χ1v) is 22.1. The first kappa shape index (κ1) is 39.7. The van der Waals surface area contributed by atoms with E-state index in [2.05, 4.69) is 61.8 Å². The van der Waals surface area contributed by atoms with E-state index in [0.29, 0.717) is 44.4 Å². The van der Waals surface area contributed by atoms with Crippen LogP contribution in [0.2, 0.25) is 0 Å². The number of ether oxygens (including phenoxy) is 2. The fourth-order valence-corrected chi connectivity index (χ4v) is 13.6. The third kappa shape index (κ3) is 6.38. The van der Waals surface area contributed by atoms with Crippen molar-refractivity contribution in [3.63, 3.8) is 0 Å². The highest BCUT2D eigenvalue weighted by Crippen LogP contribution is 2.72. The summed E-state index contributed by atoms with van der Waals surface area (Å²) in [6, 6.07) is 10.5. The number of hydrogen-bond acceptors (Lipinski definition) is 7. The number of rotatable bonds is 10. The highest BCUT2D eigenvalue weighted by Gasteiger charge is 2.78. The molecule has 4 fully saturated rings. The third-order valence-electron chi connectivity index (χ3n) is 16.6. The Morgan fingerprint density at radius 3 is 2.46 bits per heavy atom. The second-order valence-corrected chi connectivity index (χ2v) is 19.7. The van der Waals surface area contributed by atoms with Gasteiger partial charge in [-0.2, -0.15) is 0 Å². The van der Waals surface area contributed by atoms with Crippen LogP contribution in [0.1, 0.15) is 135 Å². The molecule has 1 aromatic carbocycles. The molecule has 7 heteroatoms. The largest absolute Gasteiger partial charge is 0.461 e. The zero-order valence-corrected chi connectivity index (χ0v) is 34.0. The number of aliphatic hydroxyl groups excluding tert-OH is 2. The molecule has 4 bridgehead atoms. The fraction of sp³-hybridized carbons (Fsp3) is 0.714. The Bertz CT molecular complexity index is 1810.